The van der Waals surface area contributed by atoms with Crippen molar-refractivity contribution in [2.45, 2.75) is 46.1 Å². The van der Waals surface area contributed by atoms with Crippen molar-refractivity contribution in [3.63, 3.8) is 0 Å². The van der Waals surface area contributed by atoms with E-state index in [0.717, 1.165) is 65.8 Å². The lowest BCUT2D eigenvalue weighted by atomic mass is 9.96. The molecule has 1 aliphatic rings. The van der Waals surface area contributed by atoms with E-state index in [2.05, 4.69) is 46.8 Å². The van der Waals surface area contributed by atoms with Gasteiger partial charge in [-0.1, -0.05) is 38.1 Å². The van der Waals surface area contributed by atoms with Crippen molar-refractivity contribution in [1.82, 2.24) is 14.5 Å². The average Bonchev–Trinajstić information content (AvgIpc) is 3.29. The molecule has 208 valence electrons. The zero-order valence-corrected chi connectivity index (χ0v) is 23.3. The monoisotopic (exact) mass is 539 g/mol. The Labute approximate surface area is 234 Å². The predicted octanol–water partition coefficient (Wildman–Crippen LogP) is 5.46. The molecule has 4 aromatic rings. The molecule has 6 N–H and O–H groups in total. The van der Waals surface area contributed by atoms with Gasteiger partial charge in [0, 0.05) is 43.3 Å². The second-order valence-electron chi connectivity index (χ2n) is 11.1. The van der Waals surface area contributed by atoms with Crippen molar-refractivity contribution < 1.29 is 9.90 Å². The first-order valence-electron chi connectivity index (χ1n) is 13.8. The number of rotatable bonds is 8. The summed E-state index contributed by atoms with van der Waals surface area (Å²) in [6.07, 6.45) is 2.00. The molecule has 2 heterocycles. The average molecular weight is 540 g/mol. The summed E-state index contributed by atoms with van der Waals surface area (Å²) in [6, 6.07) is 15.7. The molecule has 9 heteroatoms. The number of likely N-dealkylation sites (tertiary alicyclic amines) is 1. The molecule has 0 bridgehead atoms. The number of aromatic carboxylic acids is 1. The van der Waals surface area contributed by atoms with Crippen molar-refractivity contribution in [2.75, 3.05) is 25.0 Å². The van der Waals surface area contributed by atoms with Gasteiger partial charge in [-0.15, -0.1) is 0 Å². The summed E-state index contributed by atoms with van der Waals surface area (Å²) < 4.78 is 2.12. The van der Waals surface area contributed by atoms with E-state index in [1.165, 1.54) is 0 Å². The van der Waals surface area contributed by atoms with Crippen LogP contribution < -0.4 is 11.1 Å². The van der Waals surface area contributed by atoms with Crippen LogP contribution in [0.4, 0.5) is 5.69 Å². The van der Waals surface area contributed by atoms with E-state index in [9.17, 15) is 9.90 Å². The molecule has 0 atom stereocenters. The highest BCUT2D eigenvalue weighted by Gasteiger charge is 2.22. The number of hydrogen-bond donors (Lipinski definition) is 5. The highest BCUT2D eigenvalue weighted by Crippen LogP contribution is 2.30. The van der Waals surface area contributed by atoms with Crippen LogP contribution in [0.2, 0.25) is 0 Å². The summed E-state index contributed by atoms with van der Waals surface area (Å²) in [5.74, 6) is 1.05. The molecular formula is C31H37N7O2. The molecule has 3 aromatic carbocycles. The molecule has 5 rings (SSSR count). The summed E-state index contributed by atoms with van der Waals surface area (Å²) in [7, 11) is 0. The van der Waals surface area contributed by atoms with Gasteiger partial charge < -0.3 is 25.6 Å². The number of carbonyl (C=O) groups is 1. The fraction of sp³-hybridized carbons (Fsp3) is 0.355. The van der Waals surface area contributed by atoms with Crippen molar-refractivity contribution in [3.05, 3.63) is 71.0 Å². The molecule has 1 saturated heterocycles. The van der Waals surface area contributed by atoms with Gasteiger partial charge in [0.1, 0.15) is 17.2 Å². The van der Waals surface area contributed by atoms with E-state index < -0.39 is 5.97 Å². The minimum Gasteiger partial charge on any atom is -0.478 e. The van der Waals surface area contributed by atoms with Crippen LogP contribution in [-0.2, 0) is 6.54 Å². The molecule has 0 aliphatic carbocycles. The first kappa shape index (κ1) is 27.2. The summed E-state index contributed by atoms with van der Waals surface area (Å²) in [4.78, 5) is 19.3. The molecule has 1 aromatic heterocycles. The quantitative estimate of drug-likeness (QED) is 0.148. The van der Waals surface area contributed by atoms with Gasteiger partial charge in [0.25, 0.3) is 0 Å². The number of benzene rings is 3. The van der Waals surface area contributed by atoms with Crippen LogP contribution in [0.1, 0.15) is 66.8 Å². The number of nitrogens with two attached hydrogens (primary N) is 1. The van der Waals surface area contributed by atoms with Gasteiger partial charge in [0.15, 0.2) is 0 Å². The largest absolute Gasteiger partial charge is 0.478 e. The zero-order valence-electron chi connectivity index (χ0n) is 23.3. The Morgan fingerprint density at radius 3 is 2.48 bits per heavy atom. The summed E-state index contributed by atoms with van der Waals surface area (Å²) in [6.45, 7) is 9.02. The third kappa shape index (κ3) is 5.50. The number of amidine groups is 2. The maximum absolute atomic E-state index is 12.3. The number of imidazole rings is 1. The highest BCUT2D eigenvalue weighted by molar-refractivity contribution is 6.03. The molecule has 40 heavy (non-hydrogen) atoms. The van der Waals surface area contributed by atoms with E-state index in [4.69, 9.17) is 21.5 Å². The Hall–Kier alpha value is -4.40. The first-order valence-corrected chi connectivity index (χ1v) is 13.8. The Morgan fingerprint density at radius 1 is 1.10 bits per heavy atom. The van der Waals surface area contributed by atoms with Crippen molar-refractivity contribution >= 4 is 45.1 Å². The number of fused-ring (bicyclic) bond motifs is 2. The van der Waals surface area contributed by atoms with Gasteiger partial charge in [0.05, 0.1) is 16.9 Å². The van der Waals surface area contributed by atoms with Gasteiger partial charge in [-0.2, -0.15) is 0 Å². The summed E-state index contributed by atoms with van der Waals surface area (Å²) in [5.41, 5.74) is 9.71. The van der Waals surface area contributed by atoms with Gasteiger partial charge in [-0.25, -0.2) is 9.78 Å². The van der Waals surface area contributed by atoms with Crippen molar-refractivity contribution in [1.29, 1.82) is 10.8 Å². The summed E-state index contributed by atoms with van der Waals surface area (Å²) in [5, 5.41) is 31.3. The number of aromatic nitrogens is 2. The first-order chi connectivity index (χ1) is 19.1. The topological polar surface area (TPSA) is 144 Å². The van der Waals surface area contributed by atoms with Crippen molar-refractivity contribution in [2.24, 2.45) is 11.7 Å². The van der Waals surface area contributed by atoms with E-state index in [1.807, 2.05) is 31.2 Å². The molecular weight excluding hydrogens is 502 g/mol. The Morgan fingerprint density at radius 2 is 1.82 bits per heavy atom. The highest BCUT2D eigenvalue weighted by atomic mass is 16.4. The standard InChI is InChI=1S/C31H37N7O2/c1-18(2)30-36-28-26(31(39)40)14-25(35-16-20-8-10-37(11-9-20)19(3)32)15-27(28)38(30)17-21-4-5-22-6-7-23(29(33)34)13-24(22)12-21/h4-7,12-15,18,20,32,35H,8-11,16-17H2,1-3H3,(H3,33,34)(H,39,40). The third-order valence-electron chi connectivity index (χ3n) is 7.87. The molecule has 0 saturated carbocycles. The van der Waals surface area contributed by atoms with Gasteiger partial charge in [-0.05, 0) is 66.3 Å². The third-order valence-corrected chi connectivity index (χ3v) is 7.87. The SMILES string of the molecule is CC(=N)N1CCC(CNc2cc(C(=O)O)c3nc(C(C)C)n(Cc4ccc5ccc(C(=N)N)cc5c4)c3c2)CC1. The van der Waals surface area contributed by atoms with Crippen LogP contribution in [0.3, 0.4) is 0 Å². The Kier molecular flexibility index (Phi) is 7.47. The normalized spacial score (nSPS) is 14.2. The lowest BCUT2D eigenvalue weighted by Crippen LogP contribution is -2.38. The number of nitrogen functional groups attached to an aromatic ring is 1. The van der Waals surface area contributed by atoms with E-state index in [1.54, 1.807) is 6.07 Å². The Balaban J connectivity index is 1.49. The number of nitrogens with one attached hydrogen (secondary N) is 3. The van der Waals surface area contributed by atoms with Gasteiger partial charge in [0.2, 0.25) is 0 Å². The minimum atomic E-state index is -0.995. The predicted molar refractivity (Wildman–Crippen MR) is 161 cm³/mol. The molecule has 0 unspecified atom stereocenters. The van der Waals surface area contributed by atoms with E-state index >= 15 is 0 Å². The zero-order chi connectivity index (χ0) is 28.6. The second-order valence-corrected chi connectivity index (χ2v) is 11.1. The molecule has 0 amide bonds. The van der Waals surface area contributed by atoms with Gasteiger partial charge >= 0.3 is 5.97 Å². The minimum absolute atomic E-state index is 0.0339. The van der Waals surface area contributed by atoms with Crippen molar-refractivity contribution in [3.8, 4) is 0 Å². The van der Waals surface area contributed by atoms with Crippen LogP contribution in [0.25, 0.3) is 21.8 Å². The summed E-state index contributed by atoms with van der Waals surface area (Å²) >= 11 is 0. The fourth-order valence-electron chi connectivity index (χ4n) is 5.59. The molecule has 0 radical (unpaired) electrons. The number of carboxylic acids is 1. The van der Waals surface area contributed by atoms with E-state index in [-0.39, 0.29) is 17.3 Å². The molecule has 1 aliphatic heterocycles. The van der Waals surface area contributed by atoms with Crippen LogP contribution >= 0.6 is 0 Å². The lowest BCUT2D eigenvalue weighted by molar-refractivity contribution is 0.0699. The maximum Gasteiger partial charge on any atom is 0.338 e. The smallest absolute Gasteiger partial charge is 0.338 e. The van der Waals surface area contributed by atoms with Crippen LogP contribution in [0, 0.1) is 16.7 Å². The van der Waals surface area contributed by atoms with Crippen LogP contribution in [-0.4, -0.2) is 56.8 Å². The number of nitrogens with zero attached hydrogens (tertiary/aromatic N) is 3. The Bertz CT molecular complexity index is 1610. The lowest BCUT2D eigenvalue weighted by Gasteiger charge is -2.32. The fourth-order valence-corrected chi connectivity index (χ4v) is 5.59. The number of carboxylic acid groups (broad SMARTS) is 1. The molecule has 9 nitrogen and oxygen atoms in total. The second kappa shape index (κ2) is 11.0. The van der Waals surface area contributed by atoms with Crippen LogP contribution in [0.5, 0.6) is 0 Å². The number of piperidine rings is 1. The maximum atomic E-state index is 12.3. The number of anilines is 1. The van der Waals surface area contributed by atoms with E-state index in [0.29, 0.717) is 29.4 Å². The molecule has 1 fully saturated rings. The number of hydrogen-bond acceptors (Lipinski definition) is 5. The van der Waals surface area contributed by atoms with Crippen LogP contribution in [0.15, 0.2) is 48.5 Å². The van der Waals surface area contributed by atoms with Gasteiger partial charge in [-0.3, -0.25) is 10.8 Å². The molecule has 0 spiro atoms.